The van der Waals surface area contributed by atoms with Crippen molar-refractivity contribution in [1.29, 1.82) is 0 Å². The van der Waals surface area contributed by atoms with Gasteiger partial charge in [-0.25, -0.2) is 4.68 Å². The molecule has 0 bridgehead atoms. The van der Waals surface area contributed by atoms with E-state index in [-0.39, 0.29) is 23.6 Å². The number of ether oxygens (including phenoxy) is 1. The van der Waals surface area contributed by atoms with Gasteiger partial charge in [0.1, 0.15) is 12.3 Å². The van der Waals surface area contributed by atoms with Crippen molar-refractivity contribution in [2.45, 2.75) is 19.6 Å². The van der Waals surface area contributed by atoms with Crippen molar-refractivity contribution in [1.82, 2.24) is 15.0 Å². The minimum atomic E-state index is -4.53. The Morgan fingerprint density at radius 3 is 2.42 bits per heavy atom. The number of rotatable bonds is 6. The van der Waals surface area contributed by atoms with Crippen molar-refractivity contribution in [2.75, 3.05) is 17.7 Å². The van der Waals surface area contributed by atoms with E-state index in [0.29, 0.717) is 11.4 Å². The molecule has 0 aliphatic carbocycles. The standard InChI is InChI=1S/C20H18F3N5O3/c1-12-18(19(30)25-14-6-3-5-13(9-14)20(21,22)23)26-27-28(12)11-17(29)24-15-7-4-8-16(10-15)31-2/h3-10H,11H2,1-2H3,(H,24,29)(H,25,30). The van der Waals surface area contributed by atoms with Gasteiger partial charge in [-0.3, -0.25) is 9.59 Å². The second-order valence-corrected chi connectivity index (χ2v) is 6.49. The number of halogens is 3. The summed E-state index contributed by atoms with van der Waals surface area (Å²) < 4.78 is 44.8. The van der Waals surface area contributed by atoms with Crippen LogP contribution in [0.4, 0.5) is 24.5 Å². The summed E-state index contributed by atoms with van der Waals surface area (Å²) in [5, 5.41) is 12.6. The smallest absolute Gasteiger partial charge is 0.416 e. The zero-order chi connectivity index (χ0) is 22.6. The van der Waals surface area contributed by atoms with Gasteiger partial charge in [0.05, 0.1) is 18.4 Å². The van der Waals surface area contributed by atoms with Crippen LogP contribution in [0.3, 0.4) is 0 Å². The fraction of sp³-hybridized carbons (Fsp3) is 0.200. The average Bonchev–Trinajstić information content (AvgIpc) is 3.08. The first kappa shape index (κ1) is 21.8. The van der Waals surface area contributed by atoms with Crippen LogP contribution in [0.5, 0.6) is 5.75 Å². The topological polar surface area (TPSA) is 98.1 Å². The largest absolute Gasteiger partial charge is 0.497 e. The molecule has 0 atom stereocenters. The Hall–Kier alpha value is -3.89. The number of carbonyl (C=O) groups is 2. The Bertz CT molecular complexity index is 1110. The van der Waals surface area contributed by atoms with Gasteiger partial charge in [0.25, 0.3) is 5.91 Å². The lowest BCUT2D eigenvalue weighted by atomic mass is 10.2. The van der Waals surface area contributed by atoms with Crippen molar-refractivity contribution < 1.29 is 27.5 Å². The van der Waals surface area contributed by atoms with Gasteiger partial charge in [-0.05, 0) is 37.3 Å². The lowest BCUT2D eigenvalue weighted by molar-refractivity contribution is -0.137. The number of hydrogen-bond acceptors (Lipinski definition) is 5. The predicted molar refractivity (Wildman–Crippen MR) is 106 cm³/mol. The second kappa shape index (κ2) is 8.86. The summed E-state index contributed by atoms with van der Waals surface area (Å²) in [6, 6.07) is 11.0. The second-order valence-electron chi connectivity index (χ2n) is 6.49. The van der Waals surface area contributed by atoms with Gasteiger partial charge in [-0.2, -0.15) is 13.2 Å². The highest BCUT2D eigenvalue weighted by Crippen LogP contribution is 2.30. The van der Waals surface area contributed by atoms with Gasteiger partial charge in [0, 0.05) is 17.4 Å². The molecule has 0 aliphatic rings. The third kappa shape index (κ3) is 5.38. The predicted octanol–water partition coefficient (Wildman–Crippen LogP) is 3.50. The van der Waals surface area contributed by atoms with E-state index in [1.807, 2.05) is 0 Å². The third-order valence-corrected chi connectivity index (χ3v) is 4.29. The fourth-order valence-electron chi connectivity index (χ4n) is 2.72. The summed E-state index contributed by atoms with van der Waals surface area (Å²) in [6.45, 7) is 1.31. The van der Waals surface area contributed by atoms with E-state index >= 15 is 0 Å². The van der Waals surface area contributed by atoms with E-state index in [9.17, 15) is 22.8 Å². The van der Waals surface area contributed by atoms with Crippen LogP contribution in [-0.2, 0) is 17.5 Å². The van der Waals surface area contributed by atoms with Crippen LogP contribution in [-0.4, -0.2) is 33.9 Å². The molecule has 0 unspecified atom stereocenters. The van der Waals surface area contributed by atoms with Gasteiger partial charge in [0.15, 0.2) is 5.69 Å². The Labute approximate surface area is 175 Å². The first-order valence-corrected chi connectivity index (χ1v) is 9.00. The number of anilines is 2. The summed E-state index contributed by atoms with van der Waals surface area (Å²) in [7, 11) is 1.51. The maximum atomic E-state index is 12.8. The van der Waals surface area contributed by atoms with Crippen molar-refractivity contribution in [3.63, 3.8) is 0 Å². The molecule has 162 valence electrons. The van der Waals surface area contributed by atoms with Gasteiger partial charge >= 0.3 is 6.18 Å². The average molecular weight is 433 g/mol. The number of aromatic nitrogens is 3. The molecule has 1 aromatic heterocycles. The summed E-state index contributed by atoms with van der Waals surface area (Å²) >= 11 is 0. The molecule has 0 fully saturated rings. The molecule has 0 saturated heterocycles. The monoisotopic (exact) mass is 433 g/mol. The van der Waals surface area contributed by atoms with Crippen LogP contribution >= 0.6 is 0 Å². The number of benzene rings is 2. The minimum absolute atomic E-state index is 0.0375. The molecule has 11 heteroatoms. The van der Waals surface area contributed by atoms with Crippen LogP contribution in [0.15, 0.2) is 48.5 Å². The Morgan fingerprint density at radius 2 is 1.74 bits per heavy atom. The molecule has 0 saturated carbocycles. The minimum Gasteiger partial charge on any atom is -0.497 e. The van der Waals surface area contributed by atoms with Crippen LogP contribution in [0, 0.1) is 6.92 Å². The molecular weight excluding hydrogens is 415 g/mol. The highest BCUT2D eigenvalue weighted by Gasteiger charge is 2.30. The molecule has 0 radical (unpaired) electrons. The highest BCUT2D eigenvalue weighted by atomic mass is 19.4. The van der Waals surface area contributed by atoms with E-state index < -0.39 is 23.6 Å². The summed E-state index contributed by atoms with van der Waals surface area (Å²) in [5.74, 6) is -0.578. The highest BCUT2D eigenvalue weighted by molar-refractivity contribution is 6.03. The third-order valence-electron chi connectivity index (χ3n) is 4.29. The summed E-state index contributed by atoms with van der Waals surface area (Å²) in [5.41, 5.74) is -0.231. The molecular formula is C20H18F3N5O3. The van der Waals surface area contributed by atoms with Gasteiger partial charge < -0.3 is 15.4 Å². The van der Waals surface area contributed by atoms with Crippen molar-refractivity contribution in [3.05, 3.63) is 65.5 Å². The number of nitrogens with zero attached hydrogens (tertiary/aromatic N) is 3. The summed E-state index contributed by atoms with van der Waals surface area (Å²) in [6.07, 6.45) is -4.53. The molecule has 1 heterocycles. The van der Waals surface area contributed by atoms with Crippen LogP contribution in [0.1, 0.15) is 21.7 Å². The molecule has 0 spiro atoms. The SMILES string of the molecule is COc1cccc(NC(=O)Cn2nnc(C(=O)Nc3cccc(C(F)(F)F)c3)c2C)c1. The Kier molecular flexibility index (Phi) is 6.23. The zero-order valence-corrected chi connectivity index (χ0v) is 16.5. The number of nitrogens with one attached hydrogen (secondary N) is 2. The molecule has 2 amide bonds. The maximum Gasteiger partial charge on any atom is 0.416 e. The van der Waals surface area contributed by atoms with Crippen LogP contribution in [0.2, 0.25) is 0 Å². The van der Waals surface area contributed by atoms with E-state index in [1.54, 1.807) is 24.3 Å². The van der Waals surface area contributed by atoms with Crippen molar-refractivity contribution >= 4 is 23.2 Å². The maximum absolute atomic E-state index is 12.8. The van der Waals surface area contributed by atoms with Crippen molar-refractivity contribution in [3.8, 4) is 5.75 Å². The normalized spacial score (nSPS) is 11.1. The van der Waals surface area contributed by atoms with Gasteiger partial charge in [0.2, 0.25) is 5.91 Å². The van der Waals surface area contributed by atoms with Crippen LogP contribution in [0.25, 0.3) is 0 Å². The Balaban J connectivity index is 1.68. The van der Waals surface area contributed by atoms with Crippen LogP contribution < -0.4 is 15.4 Å². The van der Waals surface area contributed by atoms with E-state index in [1.165, 1.54) is 30.8 Å². The molecule has 31 heavy (non-hydrogen) atoms. The number of alkyl halides is 3. The molecule has 2 N–H and O–H groups in total. The molecule has 2 aromatic carbocycles. The molecule has 3 rings (SSSR count). The van der Waals surface area contributed by atoms with E-state index in [4.69, 9.17) is 4.74 Å². The molecule has 3 aromatic rings. The molecule has 0 aliphatic heterocycles. The van der Waals surface area contributed by atoms with E-state index in [2.05, 4.69) is 20.9 Å². The number of amides is 2. The lowest BCUT2D eigenvalue weighted by Crippen LogP contribution is -2.21. The van der Waals surface area contributed by atoms with Gasteiger partial charge in [-0.1, -0.05) is 17.3 Å². The number of hydrogen-bond donors (Lipinski definition) is 2. The zero-order valence-electron chi connectivity index (χ0n) is 16.5. The molecule has 8 nitrogen and oxygen atoms in total. The first-order valence-electron chi connectivity index (χ1n) is 9.00. The number of methoxy groups -OCH3 is 1. The van der Waals surface area contributed by atoms with Gasteiger partial charge in [-0.15, -0.1) is 5.10 Å². The quantitative estimate of drug-likeness (QED) is 0.620. The lowest BCUT2D eigenvalue weighted by Gasteiger charge is -2.09. The Morgan fingerprint density at radius 1 is 1.06 bits per heavy atom. The summed E-state index contributed by atoms with van der Waals surface area (Å²) in [4.78, 5) is 24.7. The number of carbonyl (C=O) groups excluding carboxylic acids is 2. The fourth-order valence-corrected chi connectivity index (χ4v) is 2.72. The van der Waals surface area contributed by atoms with Crippen molar-refractivity contribution in [2.24, 2.45) is 0 Å². The van der Waals surface area contributed by atoms with E-state index in [0.717, 1.165) is 12.1 Å². The first-order chi connectivity index (χ1) is 14.7.